The first-order valence-corrected chi connectivity index (χ1v) is 5.98. The number of rotatable bonds is 4. The molecule has 0 aliphatic rings. The maximum atomic E-state index is 11.9. The molecule has 1 aromatic rings. The van der Waals surface area contributed by atoms with Crippen LogP contribution < -0.4 is 9.88 Å². The fraction of sp³-hybridized carbons (Fsp3) is 0.333. The van der Waals surface area contributed by atoms with Gasteiger partial charge in [-0.1, -0.05) is 12.1 Å². The number of hydrogen-bond acceptors (Lipinski definition) is 3. The third kappa shape index (κ3) is 3.42. The lowest BCUT2D eigenvalue weighted by atomic mass is 10.1. The molecule has 1 aromatic carbocycles. The quantitative estimate of drug-likeness (QED) is 0.884. The summed E-state index contributed by atoms with van der Waals surface area (Å²) in [6.07, 6.45) is 0. The van der Waals surface area contributed by atoms with Crippen molar-refractivity contribution < 1.29 is 21.9 Å². The Bertz CT molecular complexity index is 462. The molecule has 4 nitrogen and oxygen atoms in total. The first kappa shape index (κ1) is 12.9. The minimum absolute atomic E-state index is 0.0944. The van der Waals surface area contributed by atoms with Crippen molar-refractivity contribution in [2.24, 2.45) is 5.14 Å². The van der Waals surface area contributed by atoms with E-state index in [1.807, 2.05) is 0 Å². The van der Waals surface area contributed by atoms with Crippen LogP contribution in [-0.2, 0) is 10.0 Å². The van der Waals surface area contributed by atoms with Crippen LogP contribution in [0.5, 0.6) is 5.75 Å². The number of nitrogens with two attached hydrogens (primary N) is 1. The van der Waals surface area contributed by atoms with Crippen LogP contribution in [0.2, 0.25) is 0 Å². The molecular weight excluding hydrogens is 240 g/mol. The second kappa shape index (κ2) is 4.75. The van der Waals surface area contributed by atoms with Crippen molar-refractivity contribution in [1.29, 1.82) is 0 Å². The number of benzene rings is 1. The van der Waals surface area contributed by atoms with Crippen LogP contribution in [-0.4, -0.2) is 15.0 Å². The summed E-state index contributed by atoms with van der Waals surface area (Å²) in [5.74, 6) is -0.0944. The standard InChI is InChI=1S/C9H11F2NO3S/c1-6(16(12,13)14)7-3-2-4-8(5-7)15-9(10)11/h2-6,9H,1H3,(H2,12,13,14). The van der Waals surface area contributed by atoms with E-state index in [1.165, 1.54) is 31.2 Å². The molecule has 0 amide bonds. The molecule has 0 aromatic heterocycles. The molecular formula is C9H11F2NO3S. The summed E-state index contributed by atoms with van der Waals surface area (Å²) in [5, 5.41) is 3.98. The topological polar surface area (TPSA) is 69.4 Å². The average molecular weight is 251 g/mol. The Labute approximate surface area is 92.1 Å². The van der Waals surface area contributed by atoms with Crippen LogP contribution in [0.15, 0.2) is 24.3 Å². The smallest absolute Gasteiger partial charge is 0.387 e. The highest BCUT2D eigenvalue weighted by molar-refractivity contribution is 7.89. The Morgan fingerprint density at radius 1 is 1.38 bits per heavy atom. The average Bonchev–Trinajstić information content (AvgIpc) is 2.14. The lowest BCUT2D eigenvalue weighted by Crippen LogP contribution is -2.19. The van der Waals surface area contributed by atoms with Crippen molar-refractivity contribution in [1.82, 2.24) is 0 Å². The van der Waals surface area contributed by atoms with Crippen molar-refractivity contribution >= 4 is 10.0 Å². The van der Waals surface area contributed by atoms with E-state index in [1.54, 1.807) is 0 Å². The third-order valence-electron chi connectivity index (χ3n) is 2.05. The Balaban J connectivity index is 2.99. The van der Waals surface area contributed by atoms with Gasteiger partial charge in [0.05, 0.1) is 5.25 Å². The molecule has 0 saturated carbocycles. The van der Waals surface area contributed by atoms with Gasteiger partial charge in [0.1, 0.15) is 5.75 Å². The van der Waals surface area contributed by atoms with Gasteiger partial charge in [0.15, 0.2) is 0 Å². The van der Waals surface area contributed by atoms with Gasteiger partial charge < -0.3 is 4.74 Å². The van der Waals surface area contributed by atoms with Crippen molar-refractivity contribution in [3.8, 4) is 5.75 Å². The Morgan fingerprint density at radius 3 is 2.50 bits per heavy atom. The molecule has 0 fully saturated rings. The van der Waals surface area contributed by atoms with Crippen molar-refractivity contribution in [3.05, 3.63) is 29.8 Å². The van der Waals surface area contributed by atoms with Crippen LogP contribution >= 0.6 is 0 Å². The molecule has 0 radical (unpaired) electrons. The second-order valence-corrected chi connectivity index (χ2v) is 5.07. The number of primary sulfonamides is 1. The minimum Gasteiger partial charge on any atom is -0.435 e. The second-order valence-electron chi connectivity index (χ2n) is 3.18. The zero-order chi connectivity index (χ0) is 12.3. The zero-order valence-corrected chi connectivity index (χ0v) is 9.25. The lowest BCUT2D eigenvalue weighted by Gasteiger charge is -2.11. The molecule has 1 atom stereocenters. The first-order chi connectivity index (χ1) is 7.30. The van der Waals surface area contributed by atoms with Gasteiger partial charge in [-0.15, -0.1) is 0 Å². The van der Waals surface area contributed by atoms with Crippen molar-refractivity contribution in [2.75, 3.05) is 0 Å². The van der Waals surface area contributed by atoms with Crippen LogP contribution in [0.25, 0.3) is 0 Å². The van der Waals surface area contributed by atoms with Gasteiger partial charge in [-0.05, 0) is 24.6 Å². The van der Waals surface area contributed by atoms with E-state index >= 15 is 0 Å². The molecule has 0 heterocycles. The Hall–Kier alpha value is -1.21. The summed E-state index contributed by atoms with van der Waals surface area (Å²) in [6, 6.07) is 5.44. The maximum absolute atomic E-state index is 11.9. The molecule has 2 N–H and O–H groups in total. The number of ether oxygens (including phenoxy) is 1. The van der Waals surface area contributed by atoms with Gasteiger partial charge in [0.25, 0.3) is 0 Å². The number of sulfonamides is 1. The summed E-state index contributed by atoms with van der Waals surface area (Å²) in [6.45, 7) is -1.57. The zero-order valence-electron chi connectivity index (χ0n) is 8.43. The van der Waals surface area contributed by atoms with Gasteiger partial charge in [-0.2, -0.15) is 8.78 Å². The van der Waals surface area contributed by atoms with E-state index in [9.17, 15) is 17.2 Å². The highest BCUT2D eigenvalue weighted by Gasteiger charge is 2.18. The van der Waals surface area contributed by atoms with Gasteiger partial charge in [-0.3, -0.25) is 0 Å². The maximum Gasteiger partial charge on any atom is 0.387 e. The molecule has 0 aliphatic heterocycles. The van der Waals surface area contributed by atoms with Crippen LogP contribution in [0.3, 0.4) is 0 Å². The van der Waals surface area contributed by atoms with Crippen LogP contribution in [0.4, 0.5) is 8.78 Å². The fourth-order valence-electron chi connectivity index (χ4n) is 1.13. The highest BCUT2D eigenvalue weighted by atomic mass is 32.2. The van der Waals surface area contributed by atoms with Gasteiger partial charge in [0, 0.05) is 0 Å². The van der Waals surface area contributed by atoms with E-state index in [4.69, 9.17) is 5.14 Å². The van der Waals surface area contributed by atoms with E-state index in [-0.39, 0.29) is 5.75 Å². The Kier molecular flexibility index (Phi) is 3.82. The highest BCUT2D eigenvalue weighted by Crippen LogP contribution is 2.24. The van der Waals surface area contributed by atoms with Gasteiger partial charge in [-0.25, -0.2) is 13.6 Å². The first-order valence-electron chi connectivity index (χ1n) is 4.37. The third-order valence-corrected chi connectivity index (χ3v) is 3.30. The van der Waals surface area contributed by atoms with E-state index < -0.39 is 21.9 Å². The van der Waals surface area contributed by atoms with E-state index in [2.05, 4.69) is 4.74 Å². The van der Waals surface area contributed by atoms with Crippen LogP contribution in [0, 0.1) is 0 Å². The molecule has 1 unspecified atom stereocenters. The largest absolute Gasteiger partial charge is 0.435 e. The Morgan fingerprint density at radius 2 is 2.00 bits per heavy atom. The minimum atomic E-state index is -3.74. The summed E-state index contributed by atoms with van der Waals surface area (Å²) < 4.78 is 50.1. The predicted molar refractivity (Wildman–Crippen MR) is 54.6 cm³/mol. The van der Waals surface area contributed by atoms with Crippen LogP contribution in [0.1, 0.15) is 17.7 Å². The van der Waals surface area contributed by atoms with E-state index in [0.29, 0.717) is 5.56 Å². The molecule has 16 heavy (non-hydrogen) atoms. The summed E-state index contributed by atoms with van der Waals surface area (Å²) in [4.78, 5) is 0. The lowest BCUT2D eigenvalue weighted by molar-refractivity contribution is -0.0498. The molecule has 0 bridgehead atoms. The number of halogens is 2. The SMILES string of the molecule is CC(c1cccc(OC(F)F)c1)S(N)(=O)=O. The summed E-state index contributed by atoms with van der Waals surface area (Å²) >= 11 is 0. The molecule has 0 saturated heterocycles. The van der Waals surface area contributed by atoms with Gasteiger partial charge in [0.2, 0.25) is 10.0 Å². The normalized spacial score (nSPS) is 13.8. The monoisotopic (exact) mass is 251 g/mol. The molecule has 0 spiro atoms. The van der Waals surface area contributed by atoms with Crippen molar-refractivity contribution in [2.45, 2.75) is 18.8 Å². The number of alkyl halides is 2. The fourth-order valence-corrected chi connectivity index (χ4v) is 1.66. The molecule has 90 valence electrons. The molecule has 7 heteroatoms. The van der Waals surface area contributed by atoms with Crippen molar-refractivity contribution in [3.63, 3.8) is 0 Å². The van der Waals surface area contributed by atoms with Gasteiger partial charge >= 0.3 is 6.61 Å². The molecule has 0 aliphatic carbocycles. The van der Waals surface area contributed by atoms with E-state index in [0.717, 1.165) is 0 Å². The summed E-state index contributed by atoms with van der Waals surface area (Å²) in [7, 11) is -3.74. The number of hydrogen-bond donors (Lipinski definition) is 1. The predicted octanol–water partition coefficient (Wildman–Crippen LogP) is 1.64. The molecule has 1 rings (SSSR count). The summed E-state index contributed by atoms with van der Waals surface area (Å²) in [5.41, 5.74) is 0.306.